The normalized spacial score (nSPS) is 14.7. The molecule has 0 amide bonds. The van der Waals surface area contributed by atoms with E-state index >= 15 is 0 Å². The third kappa shape index (κ3) is 3.49. The van der Waals surface area contributed by atoms with Gasteiger partial charge in [-0.25, -0.2) is 13.2 Å². The first-order valence-corrected chi connectivity index (χ1v) is 8.37. The lowest BCUT2D eigenvalue weighted by Crippen LogP contribution is -2.22. The smallest absolute Gasteiger partial charge is 0.184 e. The maximum atomic E-state index is 14.6. The molecule has 0 aliphatic heterocycles. The molecule has 0 spiro atoms. The maximum absolute atomic E-state index is 14.6. The first-order valence-electron chi connectivity index (χ1n) is 8.37. The van der Waals surface area contributed by atoms with Crippen LogP contribution >= 0.6 is 0 Å². The van der Waals surface area contributed by atoms with Crippen LogP contribution in [0.1, 0.15) is 24.8 Å². The number of methoxy groups -OCH3 is 1. The van der Waals surface area contributed by atoms with Crippen molar-refractivity contribution in [1.82, 2.24) is 0 Å². The summed E-state index contributed by atoms with van der Waals surface area (Å²) in [6.45, 7) is 5.49. The van der Waals surface area contributed by atoms with Gasteiger partial charge in [0.25, 0.3) is 0 Å². The summed E-state index contributed by atoms with van der Waals surface area (Å²) in [4.78, 5) is 0. The van der Waals surface area contributed by atoms with E-state index in [1.54, 1.807) is 19.1 Å². The van der Waals surface area contributed by atoms with Crippen LogP contribution in [0.2, 0.25) is 0 Å². The fourth-order valence-corrected chi connectivity index (χ4v) is 2.93. The molecule has 1 aliphatic rings. The Hall–Kier alpha value is -2.63. The van der Waals surface area contributed by atoms with E-state index in [0.717, 1.165) is 24.5 Å². The Kier molecular flexibility index (Phi) is 4.85. The van der Waals surface area contributed by atoms with Gasteiger partial charge in [0.05, 0.1) is 12.8 Å². The van der Waals surface area contributed by atoms with E-state index in [1.807, 2.05) is 0 Å². The Morgan fingerprint density at radius 3 is 2.46 bits per heavy atom. The Balaban J connectivity index is 2.06. The largest absolute Gasteiger partial charge is 0.494 e. The van der Waals surface area contributed by atoms with Gasteiger partial charge >= 0.3 is 0 Å². The molecule has 1 fully saturated rings. The van der Waals surface area contributed by atoms with Crippen molar-refractivity contribution < 1.29 is 17.9 Å². The SMILES string of the molecule is C=CCC1(Nc2c(OC)cc(F)c(F)c2Nc2ccc(C)cc2F)CC1. The molecule has 1 aliphatic carbocycles. The van der Waals surface area contributed by atoms with Gasteiger partial charge in [-0.1, -0.05) is 12.1 Å². The van der Waals surface area contributed by atoms with Gasteiger partial charge in [0.2, 0.25) is 0 Å². The Morgan fingerprint density at radius 1 is 1.15 bits per heavy atom. The topological polar surface area (TPSA) is 33.3 Å². The van der Waals surface area contributed by atoms with Crippen LogP contribution in [0.4, 0.5) is 30.2 Å². The molecule has 2 N–H and O–H groups in total. The van der Waals surface area contributed by atoms with Crippen molar-refractivity contribution in [2.24, 2.45) is 0 Å². The van der Waals surface area contributed by atoms with E-state index in [9.17, 15) is 13.2 Å². The molecule has 6 heteroatoms. The first kappa shape index (κ1) is 18.2. The van der Waals surface area contributed by atoms with E-state index in [2.05, 4.69) is 17.2 Å². The fraction of sp³-hybridized carbons (Fsp3) is 0.300. The Labute approximate surface area is 150 Å². The van der Waals surface area contributed by atoms with Gasteiger partial charge in [-0.05, 0) is 43.9 Å². The van der Waals surface area contributed by atoms with Crippen LogP contribution < -0.4 is 15.4 Å². The molecular formula is C20H21F3N2O. The average Bonchev–Trinajstić information content (AvgIpc) is 3.35. The molecule has 1 saturated carbocycles. The molecule has 26 heavy (non-hydrogen) atoms. The minimum Gasteiger partial charge on any atom is -0.494 e. The number of anilines is 3. The molecule has 0 radical (unpaired) electrons. The molecule has 3 nitrogen and oxygen atoms in total. The highest BCUT2D eigenvalue weighted by Crippen LogP contribution is 2.47. The molecular weight excluding hydrogens is 341 g/mol. The molecule has 0 heterocycles. The summed E-state index contributed by atoms with van der Waals surface area (Å²) in [5.41, 5.74) is 0.609. The third-order valence-electron chi connectivity index (χ3n) is 4.57. The zero-order chi connectivity index (χ0) is 18.9. The van der Waals surface area contributed by atoms with Crippen molar-refractivity contribution in [2.45, 2.75) is 31.7 Å². The van der Waals surface area contributed by atoms with Gasteiger partial charge in [-0.15, -0.1) is 6.58 Å². The highest BCUT2D eigenvalue weighted by molar-refractivity contribution is 5.81. The van der Waals surface area contributed by atoms with Gasteiger partial charge in [-0.2, -0.15) is 0 Å². The molecule has 2 aromatic carbocycles. The van der Waals surface area contributed by atoms with Crippen molar-refractivity contribution in [3.8, 4) is 5.75 Å². The number of rotatable bonds is 7. The summed E-state index contributed by atoms with van der Waals surface area (Å²) in [6, 6.07) is 5.48. The van der Waals surface area contributed by atoms with Crippen LogP contribution in [-0.4, -0.2) is 12.6 Å². The summed E-state index contributed by atoms with van der Waals surface area (Å²) in [5.74, 6) is -2.57. The second kappa shape index (κ2) is 6.94. The highest BCUT2D eigenvalue weighted by Gasteiger charge is 2.42. The summed E-state index contributed by atoms with van der Waals surface area (Å²) in [7, 11) is 1.38. The Bertz CT molecular complexity index is 847. The molecule has 0 unspecified atom stereocenters. The number of benzene rings is 2. The van der Waals surface area contributed by atoms with Crippen molar-refractivity contribution >= 4 is 17.1 Å². The van der Waals surface area contributed by atoms with Gasteiger partial charge in [0.1, 0.15) is 22.9 Å². The van der Waals surface area contributed by atoms with Crippen LogP contribution in [0.15, 0.2) is 36.9 Å². The van der Waals surface area contributed by atoms with Crippen molar-refractivity contribution in [2.75, 3.05) is 17.7 Å². The van der Waals surface area contributed by atoms with Gasteiger partial charge < -0.3 is 15.4 Å². The molecule has 0 saturated heterocycles. The van der Waals surface area contributed by atoms with Gasteiger partial charge in [-0.3, -0.25) is 0 Å². The predicted molar refractivity (Wildman–Crippen MR) is 97.7 cm³/mol. The number of aryl methyl sites for hydroxylation is 1. The molecule has 0 atom stereocenters. The van der Waals surface area contributed by atoms with E-state index in [-0.39, 0.29) is 28.4 Å². The lowest BCUT2D eigenvalue weighted by molar-refractivity contribution is 0.408. The van der Waals surface area contributed by atoms with Crippen LogP contribution in [0.3, 0.4) is 0 Å². The fourth-order valence-electron chi connectivity index (χ4n) is 2.93. The maximum Gasteiger partial charge on any atom is 0.184 e. The van der Waals surface area contributed by atoms with Crippen LogP contribution in [0, 0.1) is 24.4 Å². The van der Waals surface area contributed by atoms with Crippen molar-refractivity contribution in [1.29, 1.82) is 0 Å². The zero-order valence-corrected chi connectivity index (χ0v) is 14.8. The second-order valence-electron chi connectivity index (χ2n) is 6.63. The minimum absolute atomic E-state index is 0.0544. The second-order valence-corrected chi connectivity index (χ2v) is 6.63. The minimum atomic E-state index is -1.09. The summed E-state index contributed by atoms with van der Waals surface area (Å²) in [5, 5.41) is 5.94. The average molecular weight is 362 g/mol. The van der Waals surface area contributed by atoms with Crippen LogP contribution in [0.5, 0.6) is 5.75 Å². The van der Waals surface area contributed by atoms with Crippen LogP contribution in [0.25, 0.3) is 0 Å². The highest BCUT2D eigenvalue weighted by atomic mass is 19.2. The molecule has 0 aromatic heterocycles. The Morgan fingerprint density at radius 2 is 1.88 bits per heavy atom. The van der Waals surface area contributed by atoms with E-state index in [4.69, 9.17) is 4.74 Å². The van der Waals surface area contributed by atoms with Crippen LogP contribution in [-0.2, 0) is 0 Å². The van der Waals surface area contributed by atoms with Gasteiger partial charge in [0, 0.05) is 11.6 Å². The standard InChI is InChI=1S/C20H21F3N2O/c1-4-7-20(8-9-20)25-18-16(26-3)11-14(22)17(23)19(18)24-15-6-5-12(2)10-13(15)21/h4-6,10-11,24-25H,1,7-9H2,2-3H3. The number of ether oxygens (including phenoxy) is 1. The van der Waals surface area contributed by atoms with Crippen molar-refractivity contribution in [3.63, 3.8) is 0 Å². The number of halogens is 3. The molecule has 2 aromatic rings. The lowest BCUT2D eigenvalue weighted by Gasteiger charge is -2.23. The first-order chi connectivity index (χ1) is 12.4. The zero-order valence-electron chi connectivity index (χ0n) is 14.8. The lowest BCUT2D eigenvalue weighted by atomic mass is 10.1. The summed E-state index contributed by atoms with van der Waals surface area (Å²) >= 11 is 0. The van der Waals surface area contributed by atoms with Gasteiger partial charge in [0.15, 0.2) is 11.6 Å². The van der Waals surface area contributed by atoms with E-state index < -0.39 is 17.5 Å². The van der Waals surface area contributed by atoms with Crippen molar-refractivity contribution in [3.05, 3.63) is 59.9 Å². The van der Waals surface area contributed by atoms with E-state index in [0.29, 0.717) is 6.42 Å². The molecule has 0 bridgehead atoms. The summed E-state index contributed by atoms with van der Waals surface area (Å²) < 4.78 is 48.1. The number of nitrogens with one attached hydrogen (secondary N) is 2. The van der Waals surface area contributed by atoms with E-state index in [1.165, 1.54) is 19.2 Å². The number of hydrogen-bond acceptors (Lipinski definition) is 3. The quantitative estimate of drug-likeness (QED) is 0.621. The number of hydrogen-bond donors (Lipinski definition) is 2. The monoisotopic (exact) mass is 362 g/mol. The molecule has 138 valence electrons. The molecule has 3 rings (SSSR count). The summed E-state index contributed by atoms with van der Waals surface area (Å²) in [6.07, 6.45) is 4.20. The predicted octanol–water partition coefficient (Wildman–Crippen LogP) is 5.69. The third-order valence-corrected chi connectivity index (χ3v) is 4.57.